The molecule has 7 atom stereocenters. The maximum absolute atomic E-state index is 13.0. The zero-order valence-corrected chi connectivity index (χ0v) is 46.8. The molecule has 11 heteroatoms. The summed E-state index contributed by atoms with van der Waals surface area (Å²) in [6, 6.07) is -0.835. The number of hydrogen-bond acceptors (Lipinski definition) is 10. The summed E-state index contributed by atoms with van der Waals surface area (Å²) in [4.78, 5) is 25.0. The van der Waals surface area contributed by atoms with E-state index in [0.717, 1.165) is 77.0 Å². The summed E-state index contributed by atoms with van der Waals surface area (Å²) in [7, 11) is 0. The van der Waals surface area contributed by atoms with Crippen LogP contribution in [0.3, 0.4) is 0 Å². The highest BCUT2D eigenvalue weighted by molar-refractivity contribution is 5.76. The number of carbonyl (C=O) groups is 2. The predicted octanol–water partition coefficient (Wildman–Crippen LogP) is 14.1. The van der Waals surface area contributed by atoms with Crippen LogP contribution in [0.25, 0.3) is 0 Å². The lowest BCUT2D eigenvalue weighted by molar-refractivity contribution is -0.302. The number of unbranched alkanes of at least 4 members (excludes halogenated alkanes) is 32. The summed E-state index contributed by atoms with van der Waals surface area (Å²) < 4.78 is 16.7. The van der Waals surface area contributed by atoms with Gasteiger partial charge in [-0.1, -0.05) is 217 Å². The first-order chi connectivity index (χ1) is 35.7. The van der Waals surface area contributed by atoms with E-state index < -0.39 is 49.5 Å². The smallest absolute Gasteiger partial charge is 0.305 e. The van der Waals surface area contributed by atoms with Gasteiger partial charge in [0.1, 0.15) is 24.4 Å². The van der Waals surface area contributed by atoms with Crippen LogP contribution < -0.4 is 5.32 Å². The molecule has 1 aliphatic rings. The first-order valence-electron chi connectivity index (χ1n) is 30.4. The van der Waals surface area contributed by atoms with Crippen molar-refractivity contribution in [2.24, 2.45) is 0 Å². The molecule has 426 valence electrons. The number of aliphatic hydroxyl groups is 5. The van der Waals surface area contributed by atoms with Crippen molar-refractivity contribution in [1.29, 1.82) is 0 Å². The molecule has 1 heterocycles. The van der Waals surface area contributed by atoms with Crippen molar-refractivity contribution in [2.75, 3.05) is 19.8 Å². The number of aliphatic hydroxyl groups excluding tert-OH is 5. The number of carbonyl (C=O) groups excluding carboxylic acids is 2. The lowest BCUT2D eigenvalue weighted by atomic mass is 9.99. The van der Waals surface area contributed by atoms with Crippen LogP contribution in [-0.2, 0) is 23.8 Å². The average Bonchev–Trinajstić information content (AvgIpc) is 3.39. The van der Waals surface area contributed by atoms with Gasteiger partial charge in [0.2, 0.25) is 5.91 Å². The Morgan fingerprint density at radius 1 is 0.493 bits per heavy atom. The van der Waals surface area contributed by atoms with Crippen LogP contribution in [0, 0.1) is 0 Å². The van der Waals surface area contributed by atoms with Gasteiger partial charge in [0, 0.05) is 12.8 Å². The van der Waals surface area contributed by atoms with Crippen LogP contribution >= 0.6 is 0 Å². The van der Waals surface area contributed by atoms with Crippen LogP contribution in [0.5, 0.6) is 0 Å². The summed E-state index contributed by atoms with van der Waals surface area (Å²) in [6.45, 7) is 4.27. The van der Waals surface area contributed by atoms with Gasteiger partial charge in [-0.2, -0.15) is 0 Å². The van der Waals surface area contributed by atoms with Crippen LogP contribution in [0.1, 0.15) is 271 Å². The molecule has 73 heavy (non-hydrogen) atoms. The SMILES string of the molecule is CCCC/C=C\CCCCCCCC(=O)OCCCCCCCCCCC/C=C\CCCCCCCCCC(=O)NC(COC1OC(CO)C(O)C(O)C1O)C(O)/C=C/CC/C=C/CCCCCCCCCC. The third-order valence-electron chi connectivity index (χ3n) is 14.1. The van der Waals surface area contributed by atoms with Gasteiger partial charge in [-0.3, -0.25) is 9.59 Å². The molecule has 1 aliphatic heterocycles. The summed E-state index contributed by atoms with van der Waals surface area (Å²) in [5.74, 6) is -0.221. The Bertz CT molecular complexity index is 1350. The highest BCUT2D eigenvalue weighted by Crippen LogP contribution is 2.23. The van der Waals surface area contributed by atoms with Crippen LogP contribution in [0.2, 0.25) is 0 Å². The standard InChI is InChI=1S/C62H113NO10/c1-3-5-7-9-11-13-15-16-25-29-32-36-40-44-48-55(65)54(53-72-62-61(70)60(69)59(68)56(52-64)73-62)63-57(66)49-45-41-37-33-30-26-23-21-19-17-18-20-22-24-27-31-35-39-43-47-51-71-58(67)50-46-42-38-34-28-14-12-10-8-6-4-2/h10,12,17,19,29,32,44,48,54-56,59-62,64-65,68-70H,3-9,11,13-16,18,20-28,30-31,33-43,45-47,49-53H2,1-2H3,(H,63,66)/b12-10-,19-17-,32-29+,48-44+. The minimum Gasteiger partial charge on any atom is -0.466 e. The molecule has 0 bridgehead atoms. The molecule has 1 saturated heterocycles. The van der Waals surface area contributed by atoms with Crippen molar-refractivity contribution in [3.63, 3.8) is 0 Å². The van der Waals surface area contributed by atoms with Crippen molar-refractivity contribution < 1.29 is 49.3 Å². The van der Waals surface area contributed by atoms with Crippen LogP contribution in [0.15, 0.2) is 48.6 Å². The quantitative estimate of drug-likeness (QED) is 0.0195. The van der Waals surface area contributed by atoms with E-state index in [0.29, 0.717) is 19.4 Å². The Balaban J connectivity index is 2.12. The molecular weight excluding hydrogens is 919 g/mol. The van der Waals surface area contributed by atoms with E-state index in [9.17, 15) is 35.1 Å². The Hall–Kier alpha value is -2.38. The van der Waals surface area contributed by atoms with E-state index in [-0.39, 0.29) is 18.5 Å². The minimum absolute atomic E-state index is 0.0198. The van der Waals surface area contributed by atoms with Gasteiger partial charge in [0.25, 0.3) is 0 Å². The lowest BCUT2D eigenvalue weighted by Gasteiger charge is -2.40. The summed E-state index contributed by atoms with van der Waals surface area (Å²) >= 11 is 0. The second-order valence-corrected chi connectivity index (χ2v) is 21.0. The number of amides is 1. The third kappa shape index (κ3) is 41.5. The monoisotopic (exact) mass is 1030 g/mol. The van der Waals surface area contributed by atoms with E-state index >= 15 is 0 Å². The first-order valence-corrected chi connectivity index (χ1v) is 30.4. The second kappa shape index (κ2) is 51.7. The highest BCUT2D eigenvalue weighted by Gasteiger charge is 2.44. The zero-order chi connectivity index (χ0) is 53.1. The summed E-state index contributed by atoms with van der Waals surface area (Å²) in [5, 5.41) is 54.4. The largest absolute Gasteiger partial charge is 0.466 e. The van der Waals surface area contributed by atoms with Crippen molar-refractivity contribution in [3.8, 4) is 0 Å². The molecule has 0 aromatic carbocycles. The molecule has 0 saturated carbocycles. The Morgan fingerprint density at radius 2 is 0.904 bits per heavy atom. The Morgan fingerprint density at radius 3 is 1.40 bits per heavy atom. The molecule has 0 radical (unpaired) electrons. The zero-order valence-electron chi connectivity index (χ0n) is 46.8. The number of ether oxygens (including phenoxy) is 3. The minimum atomic E-state index is -1.58. The number of nitrogens with one attached hydrogen (secondary N) is 1. The highest BCUT2D eigenvalue weighted by atomic mass is 16.7. The molecular formula is C62H113NO10. The van der Waals surface area contributed by atoms with Gasteiger partial charge in [-0.15, -0.1) is 0 Å². The predicted molar refractivity (Wildman–Crippen MR) is 301 cm³/mol. The fourth-order valence-corrected chi connectivity index (χ4v) is 9.25. The fourth-order valence-electron chi connectivity index (χ4n) is 9.25. The molecule has 6 N–H and O–H groups in total. The molecule has 0 aliphatic carbocycles. The molecule has 11 nitrogen and oxygen atoms in total. The molecule has 7 unspecified atom stereocenters. The first kappa shape index (κ1) is 68.6. The van der Waals surface area contributed by atoms with E-state index in [1.807, 2.05) is 6.08 Å². The normalized spacial score (nSPS) is 19.2. The molecule has 0 aromatic rings. The van der Waals surface area contributed by atoms with Gasteiger partial charge in [0.05, 0.1) is 32.0 Å². The van der Waals surface area contributed by atoms with E-state index in [1.165, 1.54) is 167 Å². The summed E-state index contributed by atoms with van der Waals surface area (Å²) in [5.41, 5.74) is 0. The van der Waals surface area contributed by atoms with Gasteiger partial charge >= 0.3 is 5.97 Å². The van der Waals surface area contributed by atoms with E-state index in [4.69, 9.17) is 14.2 Å². The number of hydrogen-bond donors (Lipinski definition) is 6. The van der Waals surface area contributed by atoms with Gasteiger partial charge in [-0.05, 0) is 89.9 Å². The van der Waals surface area contributed by atoms with Crippen molar-refractivity contribution in [3.05, 3.63) is 48.6 Å². The Labute approximate surface area is 446 Å². The number of allylic oxidation sites excluding steroid dienone is 7. The number of esters is 1. The fraction of sp³-hybridized carbons (Fsp3) is 0.839. The van der Waals surface area contributed by atoms with Crippen LogP contribution in [-0.4, -0.2) is 100 Å². The van der Waals surface area contributed by atoms with Gasteiger partial charge in [-0.25, -0.2) is 0 Å². The van der Waals surface area contributed by atoms with Crippen molar-refractivity contribution in [1.82, 2.24) is 5.32 Å². The molecule has 0 spiro atoms. The van der Waals surface area contributed by atoms with Crippen molar-refractivity contribution in [2.45, 2.75) is 314 Å². The summed E-state index contributed by atoms with van der Waals surface area (Å²) in [6.07, 6.45) is 54.8. The molecule has 1 rings (SSSR count). The molecule has 1 fully saturated rings. The third-order valence-corrected chi connectivity index (χ3v) is 14.1. The molecule has 0 aromatic heterocycles. The lowest BCUT2D eigenvalue weighted by Crippen LogP contribution is -2.60. The maximum atomic E-state index is 13.0. The van der Waals surface area contributed by atoms with Crippen LogP contribution in [0.4, 0.5) is 0 Å². The van der Waals surface area contributed by atoms with Crippen molar-refractivity contribution >= 4 is 11.9 Å². The maximum Gasteiger partial charge on any atom is 0.305 e. The average molecular weight is 1030 g/mol. The Kier molecular flexibility index (Phi) is 48.6. The second-order valence-electron chi connectivity index (χ2n) is 21.0. The molecule has 1 amide bonds. The van der Waals surface area contributed by atoms with E-state index in [2.05, 4.69) is 55.6 Å². The number of rotatable bonds is 52. The van der Waals surface area contributed by atoms with E-state index in [1.54, 1.807) is 6.08 Å². The van der Waals surface area contributed by atoms with Gasteiger partial charge < -0.3 is 45.1 Å². The van der Waals surface area contributed by atoms with Gasteiger partial charge in [0.15, 0.2) is 6.29 Å². The topological polar surface area (TPSA) is 175 Å².